The first-order valence-corrected chi connectivity index (χ1v) is 10.1. The first-order valence-electron chi connectivity index (χ1n) is 9.74. The Kier molecular flexibility index (Phi) is 5.48. The highest BCUT2D eigenvalue weighted by Crippen LogP contribution is 2.33. The summed E-state index contributed by atoms with van der Waals surface area (Å²) in [6, 6.07) is 12.6. The number of anilines is 2. The summed E-state index contributed by atoms with van der Waals surface area (Å²) in [5, 5.41) is 0.719. The monoisotopic (exact) mass is 413 g/mol. The van der Waals surface area contributed by atoms with Gasteiger partial charge in [-0.2, -0.15) is 0 Å². The number of piperazine rings is 1. The summed E-state index contributed by atoms with van der Waals surface area (Å²) in [7, 11) is 1.54. The largest absolute Gasteiger partial charge is 0.495 e. The molecule has 2 saturated heterocycles. The molecule has 0 bridgehead atoms. The Morgan fingerprint density at radius 2 is 1.72 bits per heavy atom. The lowest BCUT2D eigenvalue weighted by molar-refractivity contribution is -0.123. The van der Waals surface area contributed by atoms with E-state index >= 15 is 0 Å². The molecule has 2 fully saturated rings. The summed E-state index contributed by atoms with van der Waals surface area (Å²) in [6.45, 7) is 5.08. The van der Waals surface area contributed by atoms with Crippen LogP contribution in [0.25, 0.3) is 0 Å². The highest BCUT2D eigenvalue weighted by molar-refractivity contribution is 6.30. The van der Waals surface area contributed by atoms with Gasteiger partial charge < -0.3 is 9.64 Å². The first kappa shape index (κ1) is 19.7. The van der Waals surface area contributed by atoms with Crippen molar-refractivity contribution >= 4 is 34.8 Å². The molecule has 0 N–H and O–H groups in total. The molecule has 6 nitrogen and oxygen atoms in total. The van der Waals surface area contributed by atoms with Crippen LogP contribution in [0.3, 0.4) is 0 Å². The van der Waals surface area contributed by atoms with Gasteiger partial charge in [0.2, 0.25) is 5.91 Å². The lowest BCUT2D eigenvalue weighted by atomic mass is 10.1. The second-order valence-electron chi connectivity index (χ2n) is 7.41. The van der Waals surface area contributed by atoms with Crippen LogP contribution in [-0.4, -0.2) is 56.0 Å². The van der Waals surface area contributed by atoms with Crippen LogP contribution in [0.4, 0.5) is 11.4 Å². The van der Waals surface area contributed by atoms with Gasteiger partial charge in [-0.15, -0.1) is 0 Å². The minimum absolute atomic E-state index is 0.174. The molecule has 0 radical (unpaired) electrons. The van der Waals surface area contributed by atoms with Gasteiger partial charge in [-0.1, -0.05) is 29.8 Å². The van der Waals surface area contributed by atoms with E-state index in [1.54, 1.807) is 25.3 Å². The molecule has 29 heavy (non-hydrogen) atoms. The third-order valence-corrected chi connectivity index (χ3v) is 5.95. The molecule has 0 saturated carbocycles. The predicted molar refractivity (Wildman–Crippen MR) is 114 cm³/mol. The van der Waals surface area contributed by atoms with Crippen LogP contribution < -0.4 is 14.5 Å². The van der Waals surface area contributed by atoms with E-state index in [0.29, 0.717) is 11.4 Å². The number of rotatable bonds is 4. The van der Waals surface area contributed by atoms with E-state index in [9.17, 15) is 9.59 Å². The van der Waals surface area contributed by atoms with Crippen molar-refractivity contribution in [1.82, 2.24) is 4.90 Å². The van der Waals surface area contributed by atoms with E-state index in [4.69, 9.17) is 16.3 Å². The van der Waals surface area contributed by atoms with Crippen molar-refractivity contribution in [3.8, 4) is 5.75 Å². The Labute approximate surface area is 175 Å². The summed E-state index contributed by atoms with van der Waals surface area (Å²) < 4.78 is 5.34. The van der Waals surface area contributed by atoms with E-state index in [0.717, 1.165) is 36.9 Å². The molecule has 7 heteroatoms. The molecule has 2 amide bonds. The third kappa shape index (κ3) is 3.70. The number of hydrogen-bond acceptors (Lipinski definition) is 5. The number of halogens is 1. The fourth-order valence-electron chi connectivity index (χ4n) is 4.17. The molecule has 4 rings (SSSR count). The van der Waals surface area contributed by atoms with Crippen LogP contribution in [0.15, 0.2) is 42.5 Å². The molecule has 2 heterocycles. The van der Waals surface area contributed by atoms with Gasteiger partial charge in [0.05, 0.1) is 25.3 Å². The van der Waals surface area contributed by atoms with Crippen molar-refractivity contribution in [2.75, 3.05) is 43.1 Å². The molecule has 0 aliphatic carbocycles. The second kappa shape index (κ2) is 8.05. The lowest BCUT2D eigenvalue weighted by Crippen LogP contribution is -2.52. The van der Waals surface area contributed by atoms with Gasteiger partial charge in [-0.25, -0.2) is 4.90 Å². The topological polar surface area (TPSA) is 53.1 Å². The van der Waals surface area contributed by atoms with Gasteiger partial charge in [0.1, 0.15) is 5.75 Å². The molecule has 2 aliphatic rings. The molecule has 0 spiro atoms. The number of carbonyl (C=O) groups is 2. The van der Waals surface area contributed by atoms with Crippen LogP contribution in [0, 0.1) is 6.92 Å². The number of nitrogens with zero attached hydrogens (tertiary/aromatic N) is 3. The van der Waals surface area contributed by atoms with Crippen molar-refractivity contribution in [2.45, 2.75) is 19.4 Å². The fourth-order valence-corrected chi connectivity index (χ4v) is 4.33. The first-order chi connectivity index (χ1) is 14.0. The smallest absolute Gasteiger partial charge is 0.251 e. The Morgan fingerprint density at radius 1 is 1.00 bits per heavy atom. The van der Waals surface area contributed by atoms with E-state index in [-0.39, 0.29) is 18.2 Å². The minimum Gasteiger partial charge on any atom is -0.495 e. The standard InChI is InChI=1S/C22H24ClN3O3/c1-15-7-8-16(23)13-18(15)24-9-11-25(12-10-24)19-14-21(27)26(22(19)28)17-5-3-4-6-20(17)29-2/h3-8,13,19H,9-12,14H2,1-2H3/t19-/m0/s1. The Hall–Kier alpha value is -2.57. The Bertz CT molecular complexity index is 941. The third-order valence-electron chi connectivity index (χ3n) is 5.72. The van der Waals surface area contributed by atoms with Crippen LogP contribution in [-0.2, 0) is 9.59 Å². The maximum atomic E-state index is 13.1. The number of amides is 2. The molecule has 0 unspecified atom stereocenters. The number of benzene rings is 2. The van der Waals surface area contributed by atoms with Crippen molar-refractivity contribution in [1.29, 1.82) is 0 Å². The van der Waals surface area contributed by atoms with Crippen LogP contribution in [0.1, 0.15) is 12.0 Å². The highest BCUT2D eigenvalue weighted by atomic mass is 35.5. The van der Waals surface area contributed by atoms with E-state index in [2.05, 4.69) is 16.7 Å². The summed E-state index contributed by atoms with van der Waals surface area (Å²) in [6.07, 6.45) is 0.201. The van der Waals surface area contributed by atoms with Gasteiger partial charge in [-0.05, 0) is 36.8 Å². The van der Waals surface area contributed by atoms with E-state index in [1.807, 2.05) is 24.3 Å². The predicted octanol–water partition coefficient (Wildman–Crippen LogP) is 3.11. The zero-order chi connectivity index (χ0) is 20.5. The van der Waals surface area contributed by atoms with Crippen molar-refractivity contribution in [3.63, 3.8) is 0 Å². The zero-order valence-electron chi connectivity index (χ0n) is 16.6. The number of para-hydroxylation sites is 2. The molecule has 2 aromatic rings. The van der Waals surface area contributed by atoms with Crippen LogP contribution in [0.5, 0.6) is 5.75 Å². The summed E-state index contributed by atoms with van der Waals surface area (Å²) in [5.74, 6) is 0.167. The number of ether oxygens (including phenoxy) is 1. The van der Waals surface area contributed by atoms with Crippen LogP contribution >= 0.6 is 11.6 Å². The fraction of sp³-hybridized carbons (Fsp3) is 0.364. The Morgan fingerprint density at radius 3 is 2.45 bits per heavy atom. The molecular formula is C22H24ClN3O3. The van der Waals surface area contributed by atoms with Crippen molar-refractivity contribution < 1.29 is 14.3 Å². The number of methoxy groups -OCH3 is 1. The SMILES string of the molecule is COc1ccccc1N1C(=O)C[C@H](N2CCN(c3cc(Cl)ccc3C)CC2)C1=O. The summed E-state index contributed by atoms with van der Waals surface area (Å²) in [4.78, 5) is 31.5. The van der Waals surface area contributed by atoms with Gasteiger partial charge >= 0.3 is 0 Å². The number of hydrogen-bond donors (Lipinski definition) is 0. The lowest BCUT2D eigenvalue weighted by Gasteiger charge is -2.38. The molecule has 2 aromatic carbocycles. The highest BCUT2D eigenvalue weighted by Gasteiger charge is 2.44. The number of aryl methyl sites for hydroxylation is 1. The molecule has 1 atom stereocenters. The maximum absolute atomic E-state index is 13.1. The molecule has 2 aliphatic heterocycles. The van der Waals surface area contributed by atoms with Gasteiger partial charge in [0.15, 0.2) is 0 Å². The average Bonchev–Trinajstić information content (AvgIpc) is 3.03. The number of carbonyl (C=O) groups excluding carboxylic acids is 2. The van der Waals surface area contributed by atoms with Gasteiger partial charge in [0, 0.05) is 36.9 Å². The molecule has 152 valence electrons. The summed E-state index contributed by atoms with van der Waals surface area (Å²) in [5.41, 5.74) is 2.82. The molecule has 0 aromatic heterocycles. The van der Waals surface area contributed by atoms with Crippen molar-refractivity contribution in [2.24, 2.45) is 0 Å². The average molecular weight is 414 g/mol. The van der Waals surface area contributed by atoms with E-state index in [1.165, 1.54) is 10.5 Å². The second-order valence-corrected chi connectivity index (χ2v) is 7.85. The Balaban J connectivity index is 1.47. The normalized spacial score (nSPS) is 20.4. The van der Waals surface area contributed by atoms with Crippen molar-refractivity contribution in [3.05, 3.63) is 53.1 Å². The number of imide groups is 1. The van der Waals surface area contributed by atoms with Gasteiger partial charge in [-0.3, -0.25) is 14.5 Å². The summed E-state index contributed by atoms with van der Waals surface area (Å²) >= 11 is 6.17. The maximum Gasteiger partial charge on any atom is 0.251 e. The molecular weight excluding hydrogens is 390 g/mol. The quantitative estimate of drug-likeness (QED) is 0.721. The van der Waals surface area contributed by atoms with E-state index < -0.39 is 6.04 Å². The van der Waals surface area contributed by atoms with Gasteiger partial charge in [0.25, 0.3) is 5.91 Å². The van der Waals surface area contributed by atoms with Crippen LogP contribution in [0.2, 0.25) is 5.02 Å². The minimum atomic E-state index is -0.421. The zero-order valence-corrected chi connectivity index (χ0v) is 17.4.